The number of amides is 1. The highest BCUT2D eigenvalue weighted by molar-refractivity contribution is 7.19. The van der Waals surface area contributed by atoms with E-state index in [1.807, 2.05) is 53.5 Å². The van der Waals surface area contributed by atoms with Crippen LogP contribution >= 0.6 is 11.3 Å². The summed E-state index contributed by atoms with van der Waals surface area (Å²) in [6.07, 6.45) is 2.06. The lowest BCUT2D eigenvalue weighted by Crippen LogP contribution is -2.29. The van der Waals surface area contributed by atoms with E-state index in [-0.39, 0.29) is 7.33 Å². The molecule has 0 unspecified atom stereocenters. The second-order valence-electron chi connectivity index (χ2n) is 8.14. The Balaban J connectivity index is 0.00000231. The molecule has 0 aliphatic carbocycles. The molecule has 1 aliphatic heterocycles. The van der Waals surface area contributed by atoms with E-state index in [4.69, 9.17) is 4.52 Å². The summed E-state index contributed by atoms with van der Waals surface area (Å²) >= 11 is 1.88. The molecule has 0 radical (unpaired) electrons. The fourth-order valence-electron chi connectivity index (χ4n) is 4.40. The summed E-state index contributed by atoms with van der Waals surface area (Å²) in [4.78, 5) is 16.7. The summed E-state index contributed by atoms with van der Waals surface area (Å²) in [6.45, 7) is 5.55. The summed E-state index contributed by atoms with van der Waals surface area (Å²) in [5.74, 6) is 1.10. The smallest absolute Gasteiger partial charge is 0.259 e. The van der Waals surface area contributed by atoms with Gasteiger partial charge in [-0.3, -0.25) is 4.79 Å². The van der Waals surface area contributed by atoms with Crippen molar-refractivity contribution in [1.29, 1.82) is 0 Å². The van der Waals surface area contributed by atoms with Gasteiger partial charge < -0.3 is 9.42 Å². The van der Waals surface area contributed by atoms with Crippen LogP contribution in [0, 0.1) is 19.8 Å². The molecule has 30 heavy (non-hydrogen) atoms. The summed E-state index contributed by atoms with van der Waals surface area (Å²) in [5.41, 5.74) is 3.48. The number of thiophene rings is 1. The van der Waals surface area contributed by atoms with Crippen molar-refractivity contribution in [2.75, 3.05) is 13.1 Å². The van der Waals surface area contributed by atoms with Crippen LogP contribution in [0.2, 0.25) is 0 Å². The highest BCUT2D eigenvalue weighted by Crippen LogP contribution is 2.33. The minimum absolute atomic E-state index is 0. The van der Waals surface area contributed by atoms with Gasteiger partial charge in [0.05, 0.1) is 0 Å². The van der Waals surface area contributed by atoms with Gasteiger partial charge in [0.15, 0.2) is 0 Å². The molecule has 5 heteroatoms. The first-order valence-corrected chi connectivity index (χ1v) is 11.2. The van der Waals surface area contributed by atoms with Gasteiger partial charge in [-0.1, -0.05) is 47.6 Å². The van der Waals surface area contributed by atoms with Crippen molar-refractivity contribution in [3.63, 3.8) is 0 Å². The van der Waals surface area contributed by atoms with Crippen LogP contribution in [0.15, 0.2) is 59.1 Å². The molecule has 4 nitrogen and oxygen atoms in total. The fraction of sp³-hybridized carbons (Fsp3) is 0.280. The predicted octanol–water partition coefficient (Wildman–Crippen LogP) is 6.12. The van der Waals surface area contributed by atoms with E-state index in [2.05, 4.69) is 36.3 Å². The zero-order chi connectivity index (χ0) is 20.7. The average molecular weight is 419 g/mol. The topological polar surface area (TPSA) is 46.3 Å². The summed E-state index contributed by atoms with van der Waals surface area (Å²) in [6, 6.07) is 18.6. The van der Waals surface area contributed by atoms with E-state index >= 15 is 0 Å². The minimum atomic E-state index is 0. The van der Waals surface area contributed by atoms with Crippen LogP contribution in [0.3, 0.4) is 0 Å². The monoisotopic (exact) mass is 418 g/mol. The lowest BCUT2D eigenvalue weighted by molar-refractivity contribution is 0.0786. The highest BCUT2D eigenvalue weighted by Gasteiger charge is 2.31. The first-order chi connectivity index (χ1) is 14.6. The van der Waals surface area contributed by atoms with Gasteiger partial charge in [-0.25, -0.2) is 0 Å². The fourth-order valence-corrected chi connectivity index (χ4v) is 5.66. The van der Waals surface area contributed by atoms with Crippen LogP contribution in [0.5, 0.6) is 0 Å². The number of likely N-dealkylation sites (tertiary alicyclic amines) is 1. The third kappa shape index (κ3) is 3.43. The molecule has 5 rings (SSSR count). The van der Waals surface area contributed by atoms with Crippen LogP contribution < -0.4 is 0 Å². The maximum absolute atomic E-state index is 13.3. The van der Waals surface area contributed by atoms with Gasteiger partial charge in [0.25, 0.3) is 5.91 Å². The van der Waals surface area contributed by atoms with Gasteiger partial charge in [-0.2, -0.15) is 0 Å². The molecule has 1 atom stereocenters. The quantitative estimate of drug-likeness (QED) is 0.401. The first kappa shape index (κ1) is 19.1. The lowest BCUT2D eigenvalue weighted by atomic mass is 10.0. The van der Waals surface area contributed by atoms with Gasteiger partial charge in [0.1, 0.15) is 17.0 Å². The Morgan fingerprint density at radius 3 is 2.83 bits per heavy atom. The number of benzene rings is 2. The molecule has 4 aromatic rings. The Labute approximate surface area is 181 Å². The van der Waals surface area contributed by atoms with Crippen molar-refractivity contribution in [2.45, 2.75) is 26.7 Å². The molecule has 2 aromatic carbocycles. The molecule has 0 saturated carbocycles. The van der Waals surface area contributed by atoms with Gasteiger partial charge in [-0.05, 0) is 55.7 Å². The highest BCUT2D eigenvalue weighted by atomic mass is 32.1. The van der Waals surface area contributed by atoms with Crippen molar-refractivity contribution in [1.82, 2.24) is 10.1 Å². The van der Waals surface area contributed by atoms with Gasteiger partial charge >= 0.3 is 0 Å². The van der Waals surface area contributed by atoms with Crippen molar-refractivity contribution >= 4 is 27.3 Å². The molecule has 0 N–H and O–H groups in total. The molecular weight excluding hydrogens is 392 g/mol. The third-order valence-corrected chi connectivity index (χ3v) is 7.14. The molecule has 1 fully saturated rings. The molecule has 154 valence electrons. The number of hydrogen-bond acceptors (Lipinski definition) is 4. The van der Waals surface area contributed by atoms with Crippen molar-refractivity contribution in [2.24, 2.45) is 5.92 Å². The van der Waals surface area contributed by atoms with Crippen LogP contribution in [-0.4, -0.2) is 29.1 Å². The molecule has 1 amide bonds. The Bertz CT molecular complexity index is 1210. The summed E-state index contributed by atoms with van der Waals surface area (Å²) < 4.78 is 6.75. The molecular formula is C25H26N2O2S. The van der Waals surface area contributed by atoms with Gasteiger partial charge in [0, 0.05) is 29.7 Å². The van der Waals surface area contributed by atoms with Crippen molar-refractivity contribution < 1.29 is 10.7 Å². The number of nitrogens with zero attached hydrogens (tertiary/aromatic N) is 2. The number of carbonyl (C=O) groups excluding carboxylic acids is 1. The van der Waals surface area contributed by atoms with E-state index in [9.17, 15) is 4.79 Å². The largest absolute Gasteiger partial charge is 0.360 e. The van der Waals surface area contributed by atoms with Crippen molar-refractivity contribution in [3.8, 4) is 11.3 Å². The molecule has 0 bridgehead atoms. The first-order valence-electron chi connectivity index (χ1n) is 10.4. The second-order valence-corrected chi connectivity index (χ2v) is 9.31. The molecule has 3 heterocycles. The van der Waals surface area contributed by atoms with Crippen LogP contribution in [-0.2, 0) is 6.42 Å². The number of aryl methyl sites for hydroxylation is 2. The third-order valence-electron chi connectivity index (χ3n) is 6.02. The van der Waals surface area contributed by atoms with Gasteiger partial charge in [-0.15, -0.1) is 11.3 Å². The maximum atomic E-state index is 13.3. The average Bonchev–Trinajstić information content (AvgIpc) is 3.47. The SMILES string of the molecule is Cc1onc(-c2ccccc2)c1C(=O)N1CC[C@@H](Cc2cc3c(C)cccc3s2)C1.[HH]. The minimum Gasteiger partial charge on any atom is -0.360 e. The van der Waals surface area contributed by atoms with Crippen LogP contribution in [0.4, 0.5) is 0 Å². The summed E-state index contributed by atoms with van der Waals surface area (Å²) in [5, 5.41) is 5.53. The van der Waals surface area contributed by atoms with Crippen LogP contribution in [0.1, 0.15) is 34.4 Å². The maximum Gasteiger partial charge on any atom is 0.259 e. The Hall–Kier alpha value is -2.92. The Morgan fingerprint density at radius 2 is 2.03 bits per heavy atom. The normalized spacial score (nSPS) is 16.5. The number of aromatic nitrogens is 1. The lowest BCUT2D eigenvalue weighted by Gasteiger charge is -2.16. The number of rotatable bonds is 4. The summed E-state index contributed by atoms with van der Waals surface area (Å²) in [7, 11) is 0. The predicted molar refractivity (Wildman–Crippen MR) is 123 cm³/mol. The van der Waals surface area contributed by atoms with Crippen molar-refractivity contribution in [3.05, 3.63) is 76.4 Å². The number of fused-ring (bicyclic) bond motifs is 1. The second kappa shape index (κ2) is 7.73. The van der Waals surface area contributed by atoms with E-state index in [1.54, 1.807) is 0 Å². The van der Waals surface area contributed by atoms with E-state index < -0.39 is 0 Å². The van der Waals surface area contributed by atoms with E-state index in [0.29, 0.717) is 22.9 Å². The Morgan fingerprint density at radius 1 is 1.20 bits per heavy atom. The molecule has 1 aliphatic rings. The van der Waals surface area contributed by atoms with Crippen LogP contribution in [0.25, 0.3) is 21.3 Å². The number of carbonyl (C=O) groups is 1. The standard InChI is InChI=1S/C25H24N2O2S.H2/c1-16-7-6-10-22-21(16)14-20(30-22)13-18-11-12-27(15-18)25(28)23-17(2)29-26-24(23)19-8-4-3-5-9-19;/h3-10,14,18H,11-13,15H2,1-2H3;1H/t18-;/m0./s1. The zero-order valence-corrected chi connectivity index (χ0v) is 18.0. The number of hydrogen-bond donors (Lipinski definition) is 0. The molecule has 0 spiro atoms. The van der Waals surface area contributed by atoms with E-state index in [1.165, 1.54) is 20.5 Å². The Kier molecular flexibility index (Phi) is 4.91. The molecule has 2 aromatic heterocycles. The zero-order valence-electron chi connectivity index (χ0n) is 17.2. The molecule has 1 saturated heterocycles. The van der Waals surface area contributed by atoms with Gasteiger partial charge in [0.2, 0.25) is 0 Å². The van der Waals surface area contributed by atoms with E-state index in [0.717, 1.165) is 31.5 Å².